The minimum atomic E-state index is -0.389. The van der Waals surface area contributed by atoms with E-state index in [2.05, 4.69) is 26.2 Å². The Morgan fingerprint density at radius 2 is 1.79 bits per heavy atom. The number of carbonyl (C=O) groups excluding carboxylic acids is 1. The van der Waals surface area contributed by atoms with Crippen LogP contribution < -0.4 is 5.32 Å². The fourth-order valence-corrected chi connectivity index (χ4v) is 4.34. The first-order chi connectivity index (χ1) is 15.9. The molecule has 4 aromatic heterocycles. The fraction of sp³-hybridized carbons (Fsp3) is 0.154. The fourth-order valence-electron chi connectivity index (χ4n) is 4.05. The molecule has 1 aromatic carbocycles. The molecular formula is C26H21BrN2O4. The summed E-state index contributed by atoms with van der Waals surface area (Å²) in [5, 5.41) is 3.75. The van der Waals surface area contributed by atoms with E-state index in [0.717, 1.165) is 32.4 Å². The number of fused-ring (bicyclic) bond motifs is 1. The van der Waals surface area contributed by atoms with E-state index in [1.165, 1.54) is 6.26 Å². The molecule has 7 heteroatoms. The molecule has 1 amide bonds. The van der Waals surface area contributed by atoms with Crippen LogP contribution in [0.1, 0.15) is 50.6 Å². The Labute approximate surface area is 198 Å². The monoisotopic (exact) mass is 504 g/mol. The van der Waals surface area contributed by atoms with Crippen LogP contribution >= 0.6 is 15.9 Å². The molecule has 0 aliphatic carbocycles. The molecule has 5 aromatic rings. The van der Waals surface area contributed by atoms with Gasteiger partial charge in [0, 0.05) is 4.47 Å². The highest BCUT2D eigenvalue weighted by atomic mass is 79.9. The Morgan fingerprint density at radius 1 is 1.00 bits per heavy atom. The Bertz CT molecular complexity index is 1450. The Kier molecular flexibility index (Phi) is 5.42. The third-order valence-electron chi connectivity index (χ3n) is 5.63. The number of rotatable bonds is 5. The first kappa shape index (κ1) is 21.3. The second kappa shape index (κ2) is 8.41. The summed E-state index contributed by atoms with van der Waals surface area (Å²) in [5.74, 6) is 1.48. The van der Waals surface area contributed by atoms with Gasteiger partial charge in [0.1, 0.15) is 23.2 Å². The van der Waals surface area contributed by atoms with Crippen molar-refractivity contribution in [2.45, 2.75) is 26.7 Å². The summed E-state index contributed by atoms with van der Waals surface area (Å²) in [4.78, 5) is 17.7. The van der Waals surface area contributed by atoms with Crippen LogP contribution in [0.15, 0.2) is 78.6 Å². The van der Waals surface area contributed by atoms with E-state index in [1.807, 2.05) is 63.2 Å². The summed E-state index contributed by atoms with van der Waals surface area (Å²) in [5.41, 5.74) is 3.68. The predicted molar refractivity (Wildman–Crippen MR) is 129 cm³/mol. The summed E-state index contributed by atoms with van der Waals surface area (Å²) >= 11 is 3.62. The SMILES string of the molecule is Cc1ccc([C@H](c2ccccc2)c2oc3nc(C)c(Br)c(C)c3c2NC(=O)c2ccco2)o1. The summed E-state index contributed by atoms with van der Waals surface area (Å²) in [6, 6.07) is 17.0. The lowest BCUT2D eigenvalue weighted by Crippen LogP contribution is -2.13. The Hall–Kier alpha value is -3.58. The first-order valence-electron chi connectivity index (χ1n) is 10.5. The van der Waals surface area contributed by atoms with Crippen LogP contribution in [0.2, 0.25) is 0 Å². The number of carbonyl (C=O) groups is 1. The molecule has 0 aliphatic rings. The van der Waals surface area contributed by atoms with Crippen LogP contribution in [0.3, 0.4) is 0 Å². The number of hydrogen-bond acceptors (Lipinski definition) is 5. The number of amides is 1. The first-order valence-corrected chi connectivity index (χ1v) is 11.3. The van der Waals surface area contributed by atoms with Crippen molar-refractivity contribution in [1.29, 1.82) is 0 Å². The summed E-state index contributed by atoms with van der Waals surface area (Å²) < 4.78 is 18.6. The zero-order chi connectivity index (χ0) is 23.1. The average Bonchev–Trinajstić information content (AvgIpc) is 3.55. The highest BCUT2D eigenvalue weighted by molar-refractivity contribution is 9.10. The van der Waals surface area contributed by atoms with Gasteiger partial charge >= 0.3 is 0 Å². The maximum atomic E-state index is 13.0. The summed E-state index contributed by atoms with van der Waals surface area (Å²) in [6.07, 6.45) is 1.47. The van der Waals surface area contributed by atoms with Crippen LogP contribution in [0.4, 0.5) is 5.69 Å². The lowest BCUT2D eigenvalue weighted by atomic mass is 9.92. The van der Waals surface area contributed by atoms with Crippen LogP contribution in [-0.4, -0.2) is 10.9 Å². The van der Waals surface area contributed by atoms with Gasteiger partial charge < -0.3 is 18.6 Å². The lowest BCUT2D eigenvalue weighted by Gasteiger charge is -2.15. The van der Waals surface area contributed by atoms with Crippen molar-refractivity contribution in [2.75, 3.05) is 5.32 Å². The molecule has 0 unspecified atom stereocenters. The Balaban J connectivity index is 1.78. The van der Waals surface area contributed by atoms with Crippen molar-refractivity contribution in [2.24, 2.45) is 0 Å². The molecule has 0 saturated heterocycles. The quantitative estimate of drug-likeness (QED) is 0.275. The second-order valence-corrected chi connectivity index (χ2v) is 8.67. The van der Waals surface area contributed by atoms with Gasteiger partial charge in [-0.25, -0.2) is 4.98 Å². The normalized spacial score (nSPS) is 12.2. The van der Waals surface area contributed by atoms with Crippen molar-refractivity contribution in [3.8, 4) is 0 Å². The van der Waals surface area contributed by atoms with Gasteiger partial charge in [-0.2, -0.15) is 0 Å². The lowest BCUT2D eigenvalue weighted by molar-refractivity contribution is 0.0996. The molecule has 4 heterocycles. The molecule has 0 aliphatic heterocycles. The molecule has 166 valence electrons. The number of halogens is 1. The number of nitrogens with one attached hydrogen (secondary N) is 1. The topological polar surface area (TPSA) is 81.4 Å². The molecule has 0 spiro atoms. The molecule has 0 bridgehead atoms. The number of anilines is 1. The van der Waals surface area contributed by atoms with Crippen LogP contribution in [0, 0.1) is 20.8 Å². The van der Waals surface area contributed by atoms with Gasteiger partial charge in [0.05, 0.1) is 23.0 Å². The smallest absolute Gasteiger partial charge is 0.291 e. The van der Waals surface area contributed by atoms with E-state index in [-0.39, 0.29) is 17.6 Å². The number of hydrogen-bond donors (Lipinski definition) is 1. The van der Waals surface area contributed by atoms with E-state index in [0.29, 0.717) is 22.9 Å². The van der Waals surface area contributed by atoms with Gasteiger partial charge in [0.25, 0.3) is 5.91 Å². The predicted octanol–water partition coefficient (Wildman–Crippen LogP) is 7.13. The highest BCUT2D eigenvalue weighted by Gasteiger charge is 2.31. The zero-order valence-electron chi connectivity index (χ0n) is 18.3. The third-order valence-corrected chi connectivity index (χ3v) is 6.80. The van der Waals surface area contributed by atoms with Crippen LogP contribution in [0.5, 0.6) is 0 Å². The number of benzene rings is 1. The summed E-state index contributed by atoms with van der Waals surface area (Å²) in [7, 11) is 0. The van der Waals surface area contributed by atoms with Gasteiger partial charge in [-0.1, -0.05) is 30.3 Å². The minimum absolute atomic E-state index is 0.206. The molecule has 0 fully saturated rings. The standard InChI is InChI=1S/C26H21BrN2O4/c1-14-11-12-18(32-14)21(17-8-5-4-6-9-17)24-23(29-25(30)19-10-7-13-31-19)20-15(2)22(27)16(3)28-26(20)33-24/h4-13,21H,1-3H3,(H,29,30)/t21-/m0/s1. The van der Waals surface area contributed by atoms with E-state index in [9.17, 15) is 4.79 Å². The average molecular weight is 505 g/mol. The van der Waals surface area contributed by atoms with E-state index in [1.54, 1.807) is 12.1 Å². The van der Waals surface area contributed by atoms with Gasteiger partial charge in [0.2, 0.25) is 5.71 Å². The molecule has 6 nitrogen and oxygen atoms in total. The molecule has 0 saturated carbocycles. The Morgan fingerprint density at radius 3 is 2.45 bits per heavy atom. The van der Waals surface area contributed by atoms with E-state index < -0.39 is 0 Å². The van der Waals surface area contributed by atoms with Crippen molar-refractivity contribution in [3.63, 3.8) is 0 Å². The molecule has 5 rings (SSSR count). The number of nitrogens with zero attached hydrogens (tertiary/aromatic N) is 1. The second-order valence-electron chi connectivity index (χ2n) is 7.88. The van der Waals surface area contributed by atoms with Crippen molar-refractivity contribution < 1.29 is 18.0 Å². The van der Waals surface area contributed by atoms with Crippen molar-refractivity contribution >= 4 is 38.6 Å². The molecule has 1 atom stereocenters. The highest BCUT2D eigenvalue weighted by Crippen LogP contribution is 2.44. The third kappa shape index (κ3) is 3.78. The molecule has 1 N–H and O–H groups in total. The zero-order valence-corrected chi connectivity index (χ0v) is 19.9. The largest absolute Gasteiger partial charge is 0.465 e. The number of aromatic nitrogens is 1. The van der Waals surface area contributed by atoms with Crippen LogP contribution in [-0.2, 0) is 0 Å². The van der Waals surface area contributed by atoms with Gasteiger partial charge in [0.15, 0.2) is 5.76 Å². The molecular weight excluding hydrogens is 484 g/mol. The van der Waals surface area contributed by atoms with Crippen molar-refractivity contribution in [1.82, 2.24) is 4.98 Å². The molecule has 33 heavy (non-hydrogen) atoms. The van der Waals surface area contributed by atoms with Gasteiger partial charge in [-0.15, -0.1) is 0 Å². The van der Waals surface area contributed by atoms with Gasteiger partial charge in [-0.3, -0.25) is 4.79 Å². The van der Waals surface area contributed by atoms with E-state index in [4.69, 9.17) is 13.3 Å². The summed E-state index contributed by atoms with van der Waals surface area (Å²) in [6.45, 7) is 5.78. The van der Waals surface area contributed by atoms with E-state index >= 15 is 0 Å². The number of pyridine rings is 1. The maximum Gasteiger partial charge on any atom is 0.291 e. The van der Waals surface area contributed by atoms with Crippen LogP contribution in [0.25, 0.3) is 11.1 Å². The molecule has 0 radical (unpaired) electrons. The number of furan rings is 3. The van der Waals surface area contributed by atoms with Crippen molar-refractivity contribution in [3.05, 3.63) is 105 Å². The number of aryl methyl sites for hydroxylation is 3. The maximum absolute atomic E-state index is 13.0. The minimum Gasteiger partial charge on any atom is -0.465 e. The van der Waals surface area contributed by atoms with Gasteiger partial charge in [-0.05, 0) is 72.1 Å².